The van der Waals surface area contributed by atoms with Crippen LogP contribution in [-0.4, -0.2) is 24.9 Å². The van der Waals surface area contributed by atoms with Crippen molar-refractivity contribution in [1.29, 1.82) is 0 Å². The largest absolute Gasteiger partial charge is 0.491 e. The molecule has 0 radical (unpaired) electrons. The van der Waals surface area contributed by atoms with E-state index in [0.29, 0.717) is 12.6 Å². The molecule has 0 bridgehead atoms. The molecule has 3 nitrogen and oxygen atoms in total. The summed E-state index contributed by atoms with van der Waals surface area (Å²) < 4.78 is 5.63. The third-order valence-electron chi connectivity index (χ3n) is 3.45. The van der Waals surface area contributed by atoms with E-state index >= 15 is 0 Å². The van der Waals surface area contributed by atoms with Gasteiger partial charge in [-0.2, -0.15) is 0 Å². The second-order valence-electron chi connectivity index (χ2n) is 4.79. The fourth-order valence-electron chi connectivity index (χ4n) is 2.64. The molecule has 1 aliphatic carbocycles. The molecule has 100 valence electrons. The Morgan fingerprint density at radius 1 is 1.44 bits per heavy atom. The van der Waals surface area contributed by atoms with Gasteiger partial charge in [-0.25, -0.2) is 0 Å². The second-order valence-corrected chi connectivity index (χ2v) is 4.79. The first kappa shape index (κ1) is 13.4. The van der Waals surface area contributed by atoms with Gasteiger partial charge in [0.2, 0.25) is 0 Å². The van der Waals surface area contributed by atoms with Crippen LogP contribution in [0.1, 0.15) is 43.4 Å². The molecule has 1 aromatic rings. The van der Waals surface area contributed by atoms with E-state index in [1.807, 2.05) is 6.07 Å². The lowest BCUT2D eigenvalue weighted by atomic mass is 9.87. The van der Waals surface area contributed by atoms with Crippen molar-refractivity contribution in [3.05, 3.63) is 29.3 Å². The minimum absolute atomic E-state index is 0.0706. The predicted molar refractivity (Wildman–Crippen MR) is 73.0 cm³/mol. The normalized spacial score (nSPS) is 18.4. The summed E-state index contributed by atoms with van der Waals surface area (Å²) in [5.74, 6) is 0.949. The van der Waals surface area contributed by atoms with Gasteiger partial charge in [-0.1, -0.05) is 19.1 Å². The molecule has 0 aliphatic heterocycles. The van der Waals surface area contributed by atoms with E-state index in [0.717, 1.165) is 25.1 Å². The summed E-state index contributed by atoms with van der Waals surface area (Å²) in [6, 6.07) is 6.73. The highest BCUT2D eigenvalue weighted by Gasteiger charge is 2.22. The maximum absolute atomic E-state index is 8.86. The van der Waals surface area contributed by atoms with Crippen molar-refractivity contribution < 1.29 is 9.84 Å². The molecule has 1 unspecified atom stereocenters. The van der Waals surface area contributed by atoms with Crippen molar-refractivity contribution in [2.45, 2.75) is 38.6 Å². The first-order chi connectivity index (χ1) is 8.86. The summed E-state index contributed by atoms with van der Waals surface area (Å²) in [5.41, 5.74) is 2.70. The van der Waals surface area contributed by atoms with Gasteiger partial charge in [-0.3, -0.25) is 0 Å². The van der Waals surface area contributed by atoms with Gasteiger partial charge in [0.05, 0.1) is 6.61 Å². The van der Waals surface area contributed by atoms with Gasteiger partial charge in [0.15, 0.2) is 0 Å². The van der Waals surface area contributed by atoms with Crippen molar-refractivity contribution >= 4 is 0 Å². The Kier molecular flexibility index (Phi) is 5.02. The van der Waals surface area contributed by atoms with Crippen molar-refractivity contribution in [2.75, 3.05) is 19.8 Å². The van der Waals surface area contributed by atoms with E-state index in [2.05, 4.69) is 24.4 Å². The van der Waals surface area contributed by atoms with Gasteiger partial charge in [-0.15, -0.1) is 0 Å². The van der Waals surface area contributed by atoms with E-state index in [1.54, 1.807) is 0 Å². The number of benzene rings is 1. The van der Waals surface area contributed by atoms with Crippen molar-refractivity contribution in [3.63, 3.8) is 0 Å². The zero-order valence-corrected chi connectivity index (χ0v) is 11.1. The average Bonchev–Trinajstić information content (AvgIpc) is 2.42. The zero-order chi connectivity index (χ0) is 12.8. The fraction of sp³-hybridized carbons (Fsp3) is 0.600. The molecular formula is C15H23NO2. The Labute approximate surface area is 109 Å². The molecule has 0 fully saturated rings. The van der Waals surface area contributed by atoms with Gasteiger partial charge in [0.1, 0.15) is 12.4 Å². The summed E-state index contributed by atoms with van der Waals surface area (Å²) in [6.07, 6.45) is 4.65. The summed E-state index contributed by atoms with van der Waals surface area (Å²) >= 11 is 0. The highest BCUT2D eigenvalue weighted by Crippen LogP contribution is 2.35. The maximum atomic E-state index is 8.86. The monoisotopic (exact) mass is 249 g/mol. The maximum Gasteiger partial charge on any atom is 0.122 e. The van der Waals surface area contributed by atoms with Crippen LogP contribution in [0.5, 0.6) is 5.75 Å². The van der Waals surface area contributed by atoms with Gasteiger partial charge in [0, 0.05) is 6.04 Å². The fourth-order valence-corrected chi connectivity index (χ4v) is 2.64. The first-order valence-corrected chi connectivity index (χ1v) is 6.95. The lowest BCUT2D eigenvalue weighted by molar-refractivity contribution is 0.199. The van der Waals surface area contributed by atoms with Crippen LogP contribution >= 0.6 is 0 Å². The zero-order valence-electron chi connectivity index (χ0n) is 11.1. The molecular weight excluding hydrogens is 226 g/mol. The summed E-state index contributed by atoms with van der Waals surface area (Å²) in [4.78, 5) is 0. The molecule has 0 spiro atoms. The van der Waals surface area contributed by atoms with Crippen LogP contribution in [0.3, 0.4) is 0 Å². The molecule has 0 saturated carbocycles. The number of rotatable bonds is 6. The lowest BCUT2D eigenvalue weighted by Crippen LogP contribution is -2.26. The second kappa shape index (κ2) is 6.76. The smallest absolute Gasteiger partial charge is 0.122 e. The van der Waals surface area contributed by atoms with E-state index in [4.69, 9.17) is 9.84 Å². The minimum atomic E-state index is 0.0706. The topological polar surface area (TPSA) is 41.5 Å². The molecule has 0 saturated heterocycles. The number of fused-ring (bicyclic) bond motifs is 1. The van der Waals surface area contributed by atoms with Crippen LogP contribution in [0.15, 0.2) is 18.2 Å². The van der Waals surface area contributed by atoms with Crippen LogP contribution in [0.2, 0.25) is 0 Å². The van der Waals surface area contributed by atoms with E-state index < -0.39 is 0 Å². The molecule has 1 aliphatic rings. The Morgan fingerprint density at radius 3 is 3.11 bits per heavy atom. The van der Waals surface area contributed by atoms with Crippen molar-refractivity contribution in [1.82, 2.24) is 5.32 Å². The number of hydrogen-bond donors (Lipinski definition) is 2. The third kappa shape index (κ3) is 3.03. The van der Waals surface area contributed by atoms with E-state index in [1.165, 1.54) is 24.0 Å². The van der Waals surface area contributed by atoms with Crippen LogP contribution in [0.4, 0.5) is 0 Å². The van der Waals surface area contributed by atoms with Crippen LogP contribution in [0, 0.1) is 0 Å². The quantitative estimate of drug-likeness (QED) is 0.813. The molecule has 2 rings (SSSR count). The number of nitrogens with one attached hydrogen (secondary N) is 1. The number of hydrogen-bond acceptors (Lipinski definition) is 3. The van der Waals surface area contributed by atoms with Gasteiger partial charge >= 0.3 is 0 Å². The third-order valence-corrected chi connectivity index (χ3v) is 3.45. The molecule has 3 heteroatoms. The molecule has 0 amide bonds. The highest BCUT2D eigenvalue weighted by molar-refractivity contribution is 5.43. The first-order valence-electron chi connectivity index (χ1n) is 6.95. The molecule has 1 atom stereocenters. The van der Waals surface area contributed by atoms with Crippen LogP contribution < -0.4 is 10.1 Å². The van der Waals surface area contributed by atoms with Gasteiger partial charge in [0.25, 0.3) is 0 Å². The Morgan fingerprint density at radius 2 is 2.33 bits per heavy atom. The Bertz CT molecular complexity index is 379. The standard InChI is InChI=1S/C15H23NO2/c1-2-9-16-14-7-3-6-13-12(14)5-4-8-15(13)18-11-10-17/h4-5,8,14,16-17H,2-3,6-7,9-11H2,1H3. The van der Waals surface area contributed by atoms with Crippen molar-refractivity contribution in [2.24, 2.45) is 0 Å². The predicted octanol–water partition coefficient (Wildman–Crippen LogP) is 2.43. The highest BCUT2D eigenvalue weighted by atomic mass is 16.5. The Balaban J connectivity index is 2.17. The van der Waals surface area contributed by atoms with Gasteiger partial charge in [-0.05, 0) is 49.4 Å². The minimum Gasteiger partial charge on any atom is -0.491 e. The molecule has 0 heterocycles. The molecule has 18 heavy (non-hydrogen) atoms. The summed E-state index contributed by atoms with van der Waals surface area (Å²) in [7, 11) is 0. The molecule has 0 aromatic heterocycles. The van der Waals surface area contributed by atoms with E-state index in [9.17, 15) is 0 Å². The van der Waals surface area contributed by atoms with E-state index in [-0.39, 0.29) is 6.61 Å². The lowest BCUT2D eigenvalue weighted by Gasteiger charge is -2.28. The SMILES string of the molecule is CCCNC1CCCc2c(OCCO)cccc21. The van der Waals surface area contributed by atoms with Crippen LogP contribution in [0.25, 0.3) is 0 Å². The van der Waals surface area contributed by atoms with Crippen molar-refractivity contribution in [3.8, 4) is 5.75 Å². The average molecular weight is 249 g/mol. The molecule has 2 N–H and O–H groups in total. The number of aliphatic hydroxyl groups is 1. The van der Waals surface area contributed by atoms with Crippen LogP contribution in [-0.2, 0) is 6.42 Å². The van der Waals surface area contributed by atoms with Gasteiger partial charge < -0.3 is 15.2 Å². The summed E-state index contributed by atoms with van der Waals surface area (Å²) in [5, 5.41) is 12.5. The summed E-state index contributed by atoms with van der Waals surface area (Å²) in [6.45, 7) is 3.70. The number of ether oxygens (including phenoxy) is 1. The number of aliphatic hydroxyl groups excluding tert-OH is 1. The Hall–Kier alpha value is -1.06. The molecule has 1 aromatic carbocycles.